The van der Waals surface area contributed by atoms with Crippen LogP contribution in [-0.2, 0) is 16.2 Å². The molecule has 6 nitrogen and oxygen atoms in total. The van der Waals surface area contributed by atoms with Crippen molar-refractivity contribution in [2.24, 2.45) is 0 Å². The van der Waals surface area contributed by atoms with Crippen LogP contribution in [0.3, 0.4) is 0 Å². The molecule has 0 aliphatic carbocycles. The van der Waals surface area contributed by atoms with Gasteiger partial charge in [-0.05, 0) is 37.5 Å². The zero-order chi connectivity index (χ0) is 21.1. The minimum absolute atomic E-state index is 0.0141. The normalized spacial score (nSPS) is 18.8. The van der Waals surface area contributed by atoms with Crippen LogP contribution in [0.15, 0.2) is 41.9 Å². The quantitative estimate of drug-likeness (QED) is 0.729. The van der Waals surface area contributed by atoms with Crippen LogP contribution in [0, 0.1) is 6.92 Å². The number of halogens is 3. The Balaban J connectivity index is 1.67. The van der Waals surface area contributed by atoms with Crippen molar-refractivity contribution < 1.29 is 26.3 Å². The fraction of sp³-hybridized carbons (Fsp3) is 0.368. The van der Waals surface area contributed by atoms with E-state index in [0.29, 0.717) is 19.4 Å². The maximum atomic E-state index is 12.8. The Bertz CT molecular complexity index is 976. The second kappa shape index (κ2) is 8.50. The van der Waals surface area contributed by atoms with Crippen molar-refractivity contribution in [3.05, 3.63) is 58.8 Å². The Hall–Kier alpha value is -2.46. The summed E-state index contributed by atoms with van der Waals surface area (Å²) < 4.78 is 70.2. The number of hydrogen-bond acceptors (Lipinski definition) is 5. The fourth-order valence-electron chi connectivity index (χ4n) is 2.87. The van der Waals surface area contributed by atoms with Crippen LogP contribution in [0.4, 0.5) is 13.2 Å². The van der Waals surface area contributed by atoms with E-state index in [1.807, 2.05) is 31.2 Å². The lowest BCUT2D eigenvalue weighted by Gasteiger charge is -2.30. The third-order valence-corrected chi connectivity index (χ3v) is 5.94. The monoisotopic (exact) mass is 427 g/mol. The highest BCUT2D eigenvalue weighted by Crippen LogP contribution is 2.28. The molecular weight excluding hydrogens is 407 g/mol. The Morgan fingerprint density at radius 1 is 1.21 bits per heavy atom. The molecule has 0 radical (unpaired) electrons. The number of ether oxygens (including phenoxy) is 1. The molecule has 0 saturated carbocycles. The van der Waals surface area contributed by atoms with Crippen LogP contribution in [-0.4, -0.2) is 41.9 Å². The van der Waals surface area contributed by atoms with Gasteiger partial charge in [-0.3, -0.25) is 0 Å². The van der Waals surface area contributed by atoms with Crippen molar-refractivity contribution in [1.29, 1.82) is 0 Å². The third kappa shape index (κ3) is 5.77. The predicted molar refractivity (Wildman–Crippen MR) is 101 cm³/mol. The van der Waals surface area contributed by atoms with Gasteiger partial charge < -0.3 is 4.74 Å². The second-order valence-electron chi connectivity index (χ2n) is 6.72. The molecule has 1 atom stereocenters. The molecule has 1 aromatic carbocycles. The van der Waals surface area contributed by atoms with Gasteiger partial charge in [0, 0.05) is 18.1 Å². The third-order valence-electron chi connectivity index (χ3n) is 4.41. The molecule has 0 N–H and O–H groups in total. The summed E-state index contributed by atoms with van der Waals surface area (Å²) in [6.07, 6.45) is -1.75. The first-order chi connectivity index (χ1) is 13.6. The van der Waals surface area contributed by atoms with Gasteiger partial charge in [0.15, 0.2) is 5.69 Å². The lowest BCUT2D eigenvalue weighted by Crippen LogP contribution is -2.43. The molecule has 1 saturated heterocycles. The van der Waals surface area contributed by atoms with Crippen LogP contribution in [0.5, 0.6) is 6.01 Å². The van der Waals surface area contributed by atoms with Crippen LogP contribution >= 0.6 is 0 Å². The minimum Gasteiger partial charge on any atom is -0.459 e. The molecule has 1 aliphatic heterocycles. The van der Waals surface area contributed by atoms with E-state index >= 15 is 0 Å². The van der Waals surface area contributed by atoms with Crippen LogP contribution in [0.1, 0.15) is 29.7 Å². The molecule has 1 aliphatic rings. The van der Waals surface area contributed by atoms with Gasteiger partial charge in [-0.25, -0.2) is 13.4 Å². The molecule has 0 bridgehead atoms. The Morgan fingerprint density at radius 3 is 2.62 bits per heavy atom. The number of hydrogen-bond donors (Lipinski definition) is 0. The van der Waals surface area contributed by atoms with Gasteiger partial charge in [-0.1, -0.05) is 29.8 Å². The first-order valence-corrected chi connectivity index (χ1v) is 10.5. The highest BCUT2D eigenvalue weighted by molar-refractivity contribution is 7.92. The molecule has 3 rings (SSSR count). The SMILES string of the molecule is Cc1ccc(/C=C/S(=O)(=O)N2CCCC(Oc3nccc(C(F)(F)F)n3)C2)cc1. The van der Waals surface area contributed by atoms with Crippen molar-refractivity contribution >= 4 is 16.1 Å². The van der Waals surface area contributed by atoms with Gasteiger partial charge >= 0.3 is 12.2 Å². The van der Waals surface area contributed by atoms with Gasteiger partial charge in [0.25, 0.3) is 0 Å². The molecular formula is C19H20F3N3O3S. The number of alkyl halides is 3. The van der Waals surface area contributed by atoms with Crippen molar-refractivity contribution in [3.8, 4) is 6.01 Å². The maximum Gasteiger partial charge on any atom is 0.433 e. The van der Waals surface area contributed by atoms with Gasteiger partial charge in [0.05, 0.1) is 6.54 Å². The zero-order valence-electron chi connectivity index (χ0n) is 15.6. The molecule has 0 amide bonds. The first-order valence-electron chi connectivity index (χ1n) is 8.95. The minimum atomic E-state index is -4.61. The summed E-state index contributed by atoms with van der Waals surface area (Å²) in [6, 6.07) is 7.72. The van der Waals surface area contributed by atoms with Crippen LogP contribution in [0.2, 0.25) is 0 Å². The van der Waals surface area contributed by atoms with E-state index in [-0.39, 0.29) is 6.54 Å². The van der Waals surface area contributed by atoms with Crippen molar-refractivity contribution in [3.63, 3.8) is 0 Å². The van der Waals surface area contributed by atoms with E-state index in [1.165, 1.54) is 10.4 Å². The smallest absolute Gasteiger partial charge is 0.433 e. The average Bonchev–Trinajstić information content (AvgIpc) is 2.67. The van der Waals surface area contributed by atoms with Crippen LogP contribution in [0.25, 0.3) is 6.08 Å². The van der Waals surface area contributed by atoms with Crippen molar-refractivity contribution in [2.75, 3.05) is 13.1 Å². The summed E-state index contributed by atoms with van der Waals surface area (Å²) in [7, 11) is -3.70. The summed E-state index contributed by atoms with van der Waals surface area (Å²) in [4.78, 5) is 7.07. The van der Waals surface area contributed by atoms with E-state index in [2.05, 4.69) is 9.97 Å². The summed E-state index contributed by atoms with van der Waals surface area (Å²) in [5.74, 6) is 0. The molecule has 2 aromatic rings. The molecule has 156 valence electrons. The Kier molecular flexibility index (Phi) is 6.23. The largest absolute Gasteiger partial charge is 0.459 e. The molecule has 1 fully saturated rings. The van der Waals surface area contributed by atoms with E-state index in [0.717, 1.165) is 28.8 Å². The lowest BCUT2D eigenvalue weighted by atomic mass is 10.1. The number of aryl methyl sites for hydroxylation is 1. The Labute approximate surface area is 167 Å². The van der Waals surface area contributed by atoms with Gasteiger partial charge in [-0.2, -0.15) is 22.5 Å². The summed E-state index contributed by atoms with van der Waals surface area (Å²) in [5, 5.41) is 1.13. The number of piperidine rings is 1. The highest BCUT2D eigenvalue weighted by atomic mass is 32.2. The highest BCUT2D eigenvalue weighted by Gasteiger charge is 2.34. The number of nitrogens with zero attached hydrogens (tertiary/aromatic N) is 3. The molecule has 29 heavy (non-hydrogen) atoms. The Morgan fingerprint density at radius 2 is 1.93 bits per heavy atom. The number of sulfonamides is 1. The van der Waals surface area contributed by atoms with E-state index < -0.39 is 34.0 Å². The molecule has 2 heterocycles. The van der Waals surface area contributed by atoms with Crippen LogP contribution < -0.4 is 4.74 Å². The topological polar surface area (TPSA) is 72.4 Å². The lowest BCUT2D eigenvalue weighted by molar-refractivity contribution is -0.141. The standard InChI is InChI=1S/C19H20F3N3O3S/c1-14-4-6-15(7-5-14)9-12-29(26,27)25-11-2-3-16(13-25)28-18-23-10-8-17(24-18)19(20,21)22/h4-10,12,16H,2-3,11,13H2,1H3/b12-9+. The molecule has 10 heteroatoms. The van der Waals surface area contributed by atoms with Crippen molar-refractivity contribution in [2.45, 2.75) is 32.0 Å². The van der Waals surface area contributed by atoms with E-state index in [9.17, 15) is 21.6 Å². The first kappa shape index (κ1) is 21.3. The summed E-state index contributed by atoms with van der Waals surface area (Å²) in [6.45, 7) is 2.26. The molecule has 1 aromatic heterocycles. The zero-order valence-corrected chi connectivity index (χ0v) is 16.4. The van der Waals surface area contributed by atoms with Gasteiger partial charge in [0.1, 0.15) is 6.10 Å². The fourth-order valence-corrected chi connectivity index (χ4v) is 4.12. The average molecular weight is 427 g/mol. The number of rotatable bonds is 5. The molecule has 0 spiro atoms. The van der Waals surface area contributed by atoms with Gasteiger partial charge in [0.2, 0.25) is 10.0 Å². The van der Waals surface area contributed by atoms with E-state index in [4.69, 9.17) is 4.74 Å². The number of benzene rings is 1. The van der Waals surface area contributed by atoms with Gasteiger partial charge in [-0.15, -0.1) is 0 Å². The summed E-state index contributed by atoms with van der Waals surface area (Å²) in [5.41, 5.74) is 0.711. The second-order valence-corrected chi connectivity index (χ2v) is 8.54. The molecule has 1 unspecified atom stereocenters. The van der Waals surface area contributed by atoms with Crippen molar-refractivity contribution in [1.82, 2.24) is 14.3 Å². The van der Waals surface area contributed by atoms with E-state index in [1.54, 1.807) is 0 Å². The number of aromatic nitrogens is 2. The predicted octanol–water partition coefficient (Wildman–Crippen LogP) is 3.65. The summed E-state index contributed by atoms with van der Waals surface area (Å²) >= 11 is 0. The maximum absolute atomic E-state index is 12.8.